The number of aromatic nitrogens is 1. The maximum atomic E-state index is 12.3. The first-order valence-corrected chi connectivity index (χ1v) is 9.02. The molecule has 1 fully saturated rings. The molecule has 1 aromatic heterocycles. The molecule has 1 saturated heterocycles. The quantitative estimate of drug-likeness (QED) is 0.803. The molecule has 122 valence electrons. The Morgan fingerprint density at radius 2 is 2.09 bits per heavy atom. The molecule has 3 rings (SSSR count). The number of methoxy groups -OCH3 is 1. The Bertz CT molecular complexity index is 711. The number of carbonyl (C=O) groups excluding carboxylic acids is 1. The molecular formula is C18H22N2O2S. The topological polar surface area (TPSA) is 42.4 Å². The van der Waals surface area contributed by atoms with E-state index in [4.69, 9.17) is 9.72 Å². The van der Waals surface area contributed by atoms with Crippen molar-refractivity contribution in [1.82, 2.24) is 9.88 Å². The number of thioether (sulfide) groups is 1. The molecule has 0 aliphatic carbocycles. The van der Waals surface area contributed by atoms with Gasteiger partial charge in [0.25, 0.3) is 0 Å². The summed E-state index contributed by atoms with van der Waals surface area (Å²) in [7, 11) is 1.66. The highest BCUT2D eigenvalue weighted by molar-refractivity contribution is 7.99. The van der Waals surface area contributed by atoms with Crippen LogP contribution in [0.3, 0.4) is 0 Å². The van der Waals surface area contributed by atoms with Gasteiger partial charge in [0.2, 0.25) is 5.91 Å². The van der Waals surface area contributed by atoms with Gasteiger partial charge in [-0.25, -0.2) is 4.98 Å². The first-order valence-electron chi connectivity index (χ1n) is 8.04. The fourth-order valence-electron chi connectivity index (χ4n) is 2.97. The zero-order valence-electron chi connectivity index (χ0n) is 13.7. The number of fused-ring (bicyclic) bond motifs is 1. The van der Waals surface area contributed by atoms with E-state index in [1.54, 1.807) is 7.11 Å². The molecule has 0 bridgehead atoms. The van der Waals surface area contributed by atoms with Crippen molar-refractivity contribution in [2.75, 3.05) is 26.0 Å². The molecule has 0 spiro atoms. The lowest BCUT2D eigenvalue weighted by atomic mass is 10.1. The summed E-state index contributed by atoms with van der Waals surface area (Å²) in [5.74, 6) is 1.44. The van der Waals surface area contributed by atoms with Crippen molar-refractivity contribution in [3.63, 3.8) is 0 Å². The van der Waals surface area contributed by atoms with Crippen molar-refractivity contribution in [1.29, 1.82) is 0 Å². The molecule has 1 aliphatic heterocycles. The normalized spacial score (nSPS) is 15.0. The number of pyridine rings is 1. The summed E-state index contributed by atoms with van der Waals surface area (Å²) in [6.45, 7) is 3.87. The molecule has 1 amide bonds. The number of piperidine rings is 1. The van der Waals surface area contributed by atoms with Gasteiger partial charge in [-0.05, 0) is 43.9 Å². The minimum absolute atomic E-state index is 0.217. The second-order valence-corrected chi connectivity index (χ2v) is 6.86. The van der Waals surface area contributed by atoms with Crippen LogP contribution in [0, 0.1) is 6.92 Å². The summed E-state index contributed by atoms with van der Waals surface area (Å²) in [6, 6.07) is 7.99. The molecule has 2 heterocycles. The summed E-state index contributed by atoms with van der Waals surface area (Å²) < 4.78 is 5.41. The maximum Gasteiger partial charge on any atom is 0.232 e. The number of nitrogens with zero attached hydrogens (tertiary/aromatic N) is 2. The molecule has 0 radical (unpaired) electrons. The minimum Gasteiger partial charge on any atom is -0.494 e. The van der Waals surface area contributed by atoms with E-state index >= 15 is 0 Å². The van der Waals surface area contributed by atoms with Crippen molar-refractivity contribution < 1.29 is 9.53 Å². The number of para-hydroxylation sites is 1. The van der Waals surface area contributed by atoms with E-state index in [0.29, 0.717) is 5.75 Å². The summed E-state index contributed by atoms with van der Waals surface area (Å²) >= 11 is 1.51. The number of likely N-dealkylation sites (tertiary alicyclic amines) is 1. The van der Waals surface area contributed by atoms with Crippen LogP contribution in [-0.2, 0) is 4.79 Å². The SMILES string of the molecule is COc1cccc2c(C)cc(SCC(=O)N3CCCCC3)nc12. The molecule has 0 unspecified atom stereocenters. The van der Waals surface area contributed by atoms with Crippen LogP contribution >= 0.6 is 11.8 Å². The second kappa shape index (κ2) is 7.21. The summed E-state index contributed by atoms with van der Waals surface area (Å²) in [6.07, 6.45) is 3.49. The third-order valence-electron chi connectivity index (χ3n) is 4.26. The Hall–Kier alpha value is -1.75. The van der Waals surface area contributed by atoms with Crippen molar-refractivity contribution in [3.8, 4) is 5.75 Å². The summed E-state index contributed by atoms with van der Waals surface area (Å²) in [4.78, 5) is 19.0. The highest BCUT2D eigenvalue weighted by Crippen LogP contribution is 2.29. The Balaban J connectivity index is 1.76. The van der Waals surface area contributed by atoms with Crippen LogP contribution < -0.4 is 4.74 Å². The minimum atomic E-state index is 0.217. The van der Waals surface area contributed by atoms with E-state index in [0.717, 1.165) is 53.2 Å². The molecule has 1 aliphatic rings. The van der Waals surface area contributed by atoms with Gasteiger partial charge in [0.05, 0.1) is 17.9 Å². The van der Waals surface area contributed by atoms with Gasteiger partial charge < -0.3 is 9.64 Å². The van der Waals surface area contributed by atoms with Crippen LogP contribution in [0.2, 0.25) is 0 Å². The average molecular weight is 330 g/mol. The molecule has 4 nitrogen and oxygen atoms in total. The van der Waals surface area contributed by atoms with Crippen molar-refractivity contribution in [3.05, 3.63) is 29.8 Å². The highest BCUT2D eigenvalue weighted by atomic mass is 32.2. The number of rotatable bonds is 4. The molecule has 0 N–H and O–H groups in total. The van der Waals surface area contributed by atoms with Crippen LogP contribution in [0.25, 0.3) is 10.9 Å². The van der Waals surface area contributed by atoms with Gasteiger partial charge in [0.15, 0.2) is 0 Å². The van der Waals surface area contributed by atoms with Crippen LogP contribution in [0.4, 0.5) is 0 Å². The molecule has 0 atom stereocenters. The number of hydrogen-bond donors (Lipinski definition) is 0. The van der Waals surface area contributed by atoms with Crippen molar-refractivity contribution in [2.24, 2.45) is 0 Å². The Morgan fingerprint density at radius 3 is 2.83 bits per heavy atom. The average Bonchev–Trinajstić information content (AvgIpc) is 2.60. The van der Waals surface area contributed by atoms with Crippen LogP contribution in [-0.4, -0.2) is 41.7 Å². The predicted octanol–water partition coefficient (Wildman–Crippen LogP) is 3.66. The molecular weight excluding hydrogens is 308 g/mol. The van der Waals surface area contributed by atoms with Gasteiger partial charge in [-0.15, -0.1) is 0 Å². The molecule has 1 aromatic carbocycles. The molecule has 23 heavy (non-hydrogen) atoms. The zero-order valence-corrected chi connectivity index (χ0v) is 14.5. The van der Waals surface area contributed by atoms with E-state index in [9.17, 15) is 4.79 Å². The Morgan fingerprint density at radius 1 is 1.30 bits per heavy atom. The van der Waals surface area contributed by atoms with E-state index < -0.39 is 0 Å². The first kappa shape index (κ1) is 16.1. The monoisotopic (exact) mass is 330 g/mol. The smallest absolute Gasteiger partial charge is 0.232 e. The second-order valence-electron chi connectivity index (χ2n) is 5.86. The molecule has 0 saturated carbocycles. The number of carbonyl (C=O) groups is 1. The van der Waals surface area contributed by atoms with E-state index in [-0.39, 0.29) is 5.91 Å². The van der Waals surface area contributed by atoms with Gasteiger partial charge in [-0.2, -0.15) is 0 Å². The largest absolute Gasteiger partial charge is 0.494 e. The Labute approximate surface area is 141 Å². The predicted molar refractivity (Wildman–Crippen MR) is 94.2 cm³/mol. The number of amides is 1. The number of hydrogen-bond acceptors (Lipinski definition) is 4. The third-order valence-corrected chi connectivity index (χ3v) is 5.15. The summed E-state index contributed by atoms with van der Waals surface area (Å²) in [5, 5.41) is 1.97. The van der Waals surface area contributed by atoms with Crippen LogP contribution in [0.15, 0.2) is 29.3 Å². The van der Waals surface area contributed by atoms with Gasteiger partial charge in [0, 0.05) is 18.5 Å². The van der Waals surface area contributed by atoms with Crippen LogP contribution in [0.5, 0.6) is 5.75 Å². The zero-order chi connectivity index (χ0) is 16.2. The van der Waals surface area contributed by atoms with Crippen LogP contribution in [0.1, 0.15) is 24.8 Å². The summed E-state index contributed by atoms with van der Waals surface area (Å²) in [5.41, 5.74) is 2.02. The van der Waals surface area contributed by atoms with Crippen molar-refractivity contribution in [2.45, 2.75) is 31.2 Å². The van der Waals surface area contributed by atoms with E-state index in [1.165, 1.54) is 18.2 Å². The first-order chi connectivity index (χ1) is 11.2. The van der Waals surface area contributed by atoms with Gasteiger partial charge in [0.1, 0.15) is 11.3 Å². The maximum absolute atomic E-state index is 12.3. The fourth-order valence-corrected chi connectivity index (χ4v) is 3.84. The standard InChI is InChI=1S/C18H22N2O2S/c1-13-11-16(19-18-14(13)7-6-8-15(18)22-2)23-12-17(21)20-9-4-3-5-10-20/h6-8,11H,3-5,9-10,12H2,1-2H3. The fraction of sp³-hybridized carbons (Fsp3) is 0.444. The number of aryl methyl sites for hydroxylation is 1. The van der Waals surface area contributed by atoms with E-state index in [2.05, 4.69) is 13.0 Å². The number of ether oxygens (including phenoxy) is 1. The molecule has 2 aromatic rings. The highest BCUT2D eigenvalue weighted by Gasteiger charge is 2.17. The van der Waals surface area contributed by atoms with E-state index in [1.807, 2.05) is 23.1 Å². The van der Waals surface area contributed by atoms with Gasteiger partial charge >= 0.3 is 0 Å². The van der Waals surface area contributed by atoms with Gasteiger partial charge in [-0.3, -0.25) is 4.79 Å². The van der Waals surface area contributed by atoms with Gasteiger partial charge in [-0.1, -0.05) is 23.9 Å². The lowest BCUT2D eigenvalue weighted by molar-refractivity contribution is -0.129. The Kier molecular flexibility index (Phi) is 5.06. The third kappa shape index (κ3) is 3.61. The number of benzene rings is 1. The molecule has 5 heteroatoms. The lowest BCUT2D eigenvalue weighted by Gasteiger charge is -2.26. The van der Waals surface area contributed by atoms with Crippen molar-refractivity contribution >= 4 is 28.6 Å². The lowest BCUT2D eigenvalue weighted by Crippen LogP contribution is -2.36.